The molecule has 0 fully saturated rings. The Morgan fingerprint density at radius 2 is 2.05 bits per heavy atom. The van der Waals surface area contributed by atoms with Crippen molar-refractivity contribution in [2.24, 2.45) is 0 Å². The Hall–Kier alpha value is -1.64. The van der Waals surface area contributed by atoms with Crippen molar-refractivity contribution in [1.82, 2.24) is 9.97 Å². The van der Waals surface area contributed by atoms with Gasteiger partial charge in [0.2, 0.25) is 0 Å². The lowest BCUT2D eigenvalue weighted by atomic mass is 10.2. The first kappa shape index (κ1) is 14.8. The van der Waals surface area contributed by atoms with E-state index in [1.54, 1.807) is 24.3 Å². The Morgan fingerprint density at radius 1 is 1.30 bits per heavy atom. The fraction of sp³-hybridized carbons (Fsp3) is 0.214. The predicted octanol–water partition coefficient (Wildman–Crippen LogP) is 4.63. The Labute approximate surface area is 131 Å². The molecule has 1 aromatic heterocycles. The van der Waals surface area contributed by atoms with Gasteiger partial charge in [-0.1, -0.05) is 25.4 Å². The SMILES string of the molecule is CC(C)c1nc(Br)cc(Nc2cc(C#N)ccc2Cl)n1. The molecule has 0 atom stereocenters. The summed E-state index contributed by atoms with van der Waals surface area (Å²) in [5, 5.41) is 12.6. The number of halogens is 2. The molecule has 0 spiro atoms. The maximum absolute atomic E-state index is 8.93. The highest BCUT2D eigenvalue weighted by atomic mass is 79.9. The minimum absolute atomic E-state index is 0.217. The van der Waals surface area contributed by atoms with Crippen LogP contribution in [-0.2, 0) is 0 Å². The van der Waals surface area contributed by atoms with Crippen LogP contribution in [0.1, 0.15) is 31.2 Å². The first-order chi connectivity index (χ1) is 9.49. The van der Waals surface area contributed by atoms with E-state index in [2.05, 4.69) is 37.3 Å². The second-order valence-electron chi connectivity index (χ2n) is 4.52. The third kappa shape index (κ3) is 3.47. The normalized spacial score (nSPS) is 10.4. The molecule has 0 radical (unpaired) electrons. The zero-order chi connectivity index (χ0) is 14.7. The van der Waals surface area contributed by atoms with Gasteiger partial charge >= 0.3 is 0 Å². The second-order valence-corrected chi connectivity index (χ2v) is 5.74. The second kappa shape index (κ2) is 6.21. The highest BCUT2D eigenvalue weighted by Gasteiger charge is 2.09. The van der Waals surface area contributed by atoms with E-state index in [-0.39, 0.29) is 5.92 Å². The van der Waals surface area contributed by atoms with E-state index in [0.717, 1.165) is 5.82 Å². The zero-order valence-corrected chi connectivity index (χ0v) is 13.3. The van der Waals surface area contributed by atoms with E-state index in [4.69, 9.17) is 16.9 Å². The van der Waals surface area contributed by atoms with Gasteiger partial charge in [-0.2, -0.15) is 5.26 Å². The van der Waals surface area contributed by atoms with E-state index >= 15 is 0 Å². The van der Waals surface area contributed by atoms with Gasteiger partial charge in [0, 0.05) is 12.0 Å². The topological polar surface area (TPSA) is 61.6 Å². The molecule has 6 heteroatoms. The number of anilines is 2. The number of hydrogen-bond acceptors (Lipinski definition) is 4. The average molecular weight is 352 g/mol. The van der Waals surface area contributed by atoms with Crippen molar-refractivity contribution in [3.63, 3.8) is 0 Å². The molecule has 1 heterocycles. The summed E-state index contributed by atoms with van der Waals surface area (Å²) < 4.78 is 0.700. The fourth-order valence-electron chi connectivity index (χ4n) is 1.59. The van der Waals surface area contributed by atoms with Gasteiger partial charge in [-0.3, -0.25) is 0 Å². The monoisotopic (exact) mass is 350 g/mol. The van der Waals surface area contributed by atoms with Crippen molar-refractivity contribution in [3.05, 3.63) is 45.3 Å². The quantitative estimate of drug-likeness (QED) is 0.819. The van der Waals surface area contributed by atoms with Gasteiger partial charge in [0.05, 0.1) is 22.3 Å². The molecule has 0 bridgehead atoms. The number of nitrogens with one attached hydrogen (secondary N) is 1. The molecule has 0 saturated carbocycles. The molecule has 0 aliphatic rings. The van der Waals surface area contributed by atoms with Gasteiger partial charge < -0.3 is 5.32 Å². The van der Waals surface area contributed by atoms with Gasteiger partial charge in [0.25, 0.3) is 0 Å². The van der Waals surface area contributed by atoms with Crippen molar-refractivity contribution in [3.8, 4) is 6.07 Å². The molecule has 0 saturated heterocycles. The lowest BCUT2D eigenvalue weighted by Gasteiger charge is -2.11. The van der Waals surface area contributed by atoms with Crippen LogP contribution in [0.5, 0.6) is 0 Å². The highest BCUT2D eigenvalue weighted by Crippen LogP contribution is 2.27. The minimum Gasteiger partial charge on any atom is -0.339 e. The summed E-state index contributed by atoms with van der Waals surface area (Å²) in [6.07, 6.45) is 0. The van der Waals surface area contributed by atoms with E-state index < -0.39 is 0 Å². The maximum atomic E-state index is 8.93. The molecule has 0 aliphatic carbocycles. The van der Waals surface area contributed by atoms with Crippen LogP contribution < -0.4 is 5.32 Å². The maximum Gasteiger partial charge on any atom is 0.135 e. The van der Waals surface area contributed by atoms with E-state index in [1.807, 2.05) is 13.8 Å². The lowest BCUT2D eigenvalue weighted by Crippen LogP contribution is -2.02. The van der Waals surface area contributed by atoms with Crippen molar-refractivity contribution >= 4 is 39.0 Å². The van der Waals surface area contributed by atoms with Crippen molar-refractivity contribution < 1.29 is 0 Å². The van der Waals surface area contributed by atoms with Crippen LogP contribution in [0.25, 0.3) is 0 Å². The summed E-state index contributed by atoms with van der Waals surface area (Å²) in [5.74, 6) is 1.58. The molecular formula is C14H12BrClN4. The summed E-state index contributed by atoms with van der Waals surface area (Å²) in [5.41, 5.74) is 1.18. The number of benzene rings is 1. The van der Waals surface area contributed by atoms with Crippen LogP contribution in [0.4, 0.5) is 11.5 Å². The first-order valence-electron chi connectivity index (χ1n) is 6.00. The van der Waals surface area contributed by atoms with E-state index in [0.29, 0.717) is 26.7 Å². The van der Waals surface area contributed by atoms with Gasteiger partial charge in [-0.05, 0) is 34.1 Å². The third-order valence-electron chi connectivity index (χ3n) is 2.59. The van der Waals surface area contributed by atoms with Gasteiger partial charge in [0.15, 0.2) is 0 Å². The lowest BCUT2D eigenvalue weighted by molar-refractivity contribution is 0.771. The third-order valence-corrected chi connectivity index (χ3v) is 3.32. The van der Waals surface area contributed by atoms with Crippen LogP contribution in [0.2, 0.25) is 5.02 Å². The fourth-order valence-corrected chi connectivity index (χ4v) is 2.15. The molecule has 2 rings (SSSR count). The number of aromatic nitrogens is 2. The largest absolute Gasteiger partial charge is 0.339 e. The minimum atomic E-state index is 0.217. The van der Waals surface area contributed by atoms with Crippen molar-refractivity contribution in [2.75, 3.05) is 5.32 Å². The van der Waals surface area contributed by atoms with E-state index in [9.17, 15) is 0 Å². The summed E-state index contributed by atoms with van der Waals surface area (Å²) in [7, 11) is 0. The van der Waals surface area contributed by atoms with Crippen LogP contribution >= 0.6 is 27.5 Å². The number of nitriles is 1. The predicted molar refractivity (Wildman–Crippen MR) is 83.3 cm³/mol. The van der Waals surface area contributed by atoms with Gasteiger partial charge in [-0.25, -0.2) is 9.97 Å². The van der Waals surface area contributed by atoms with Gasteiger partial charge in [-0.15, -0.1) is 0 Å². The Bertz CT molecular complexity index is 679. The Balaban J connectivity index is 2.37. The molecule has 2 aromatic rings. The molecule has 4 nitrogen and oxygen atoms in total. The van der Waals surface area contributed by atoms with Crippen molar-refractivity contribution in [2.45, 2.75) is 19.8 Å². The Kier molecular flexibility index (Phi) is 4.58. The zero-order valence-electron chi connectivity index (χ0n) is 11.0. The molecular weight excluding hydrogens is 340 g/mol. The first-order valence-corrected chi connectivity index (χ1v) is 7.18. The summed E-state index contributed by atoms with van der Waals surface area (Å²) in [4.78, 5) is 8.74. The molecule has 0 amide bonds. The van der Waals surface area contributed by atoms with Crippen molar-refractivity contribution in [1.29, 1.82) is 5.26 Å². The van der Waals surface area contributed by atoms with Crippen LogP contribution in [0.15, 0.2) is 28.9 Å². The summed E-state index contributed by atoms with van der Waals surface area (Å²) in [6, 6.07) is 8.89. The molecule has 0 unspecified atom stereocenters. The number of nitrogens with zero attached hydrogens (tertiary/aromatic N) is 3. The number of hydrogen-bond donors (Lipinski definition) is 1. The number of rotatable bonds is 3. The average Bonchev–Trinajstić information content (AvgIpc) is 2.40. The van der Waals surface area contributed by atoms with Crippen LogP contribution in [-0.4, -0.2) is 9.97 Å². The molecule has 0 aliphatic heterocycles. The molecule has 20 heavy (non-hydrogen) atoms. The smallest absolute Gasteiger partial charge is 0.135 e. The van der Waals surface area contributed by atoms with Crippen LogP contribution in [0, 0.1) is 11.3 Å². The standard InChI is InChI=1S/C14H12BrClN4/c1-8(2)14-19-12(15)6-13(20-14)18-11-5-9(7-17)3-4-10(11)16/h3-6,8H,1-2H3,(H,18,19,20). The van der Waals surface area contributed by atoms with Gasteiger partial charge in [0.1, 0.15) is 16.2 Å². The summed E-state index contributed by atoms with van der Waals surface area (Å²) >= 11 is 9.48. The molecule has 1 N–H and O–H groups in total. The Morgan fingerprint density at radius 3 is 2.70 bits per heavy atom. The molecule has 1 aromatic carbocycles. The van der Waals surface area contributed by atoms with E-state index in [1.165, 1.54) is 0 Å². The molecule has 102 valence electrons. The van der Waals surface area contributed by atoms with Crippen LogP contribution in [0.3, 0.4) is 0 Å². The summed E-state index contributed by atoms with van der Waals surface area (Å²) in [6.45, 7) is 4.05. The highest BCUT2D eigenvalue weighted by molar-refractivity contribution is 9.10.